The molecule has 0 aliphatic heterocycles. The molecular formula is C19H21N3O3S. The first-order valence-corrected chi connectivity index (χ1v) is 9.38. The minimum atomic E-state index is -0.670. The van der Waals surface area contributed by atoms with Gasteiger partial charge in [0, 0.05) is 10.6 Å². The molecule has 1 aromatic carbocycles. The second kappa shape index (κ2) is 7.70. The largest absolute Gasteiger partial charge is 0.494 e. The van der Waals surface area contributed by atoms with E-state index >= 15 is 0 Å². The third kappa shape index (κ3) is 3.62. The number of hydrogen-bond donors (Lipinski definition) is 1. The number of aromatic nitrogens is 2. The summed E-state index contributed by atoms with van der Waals surface area (Å²) in [5.41, 5.74) is 0.455. The number of anilines is 1. The number of ether oxygens (including phenoxy) is 1. The average Bonchev–Trinajstić information content (AvgIpc) is 3.08. The molecule has 26 heavy (non-hydrogen) atoms. The molecule has 0 bridgehead atoms. The van der Waals surface area contributed by atoms with Crippen molar-refractivity contribution in [3.05, 3.63) is 51.9 Å². The number of hydrogen-bond acceptors (Lipinski definition) is 5. The first-order chi connectivity index (χ1) is 12.5. The summed E-state index contributed by atoms with van der Waals surface area (Å²) in [6.45, 7) is 6.22. The van der Waals surface area contributed by atoms with Gasteiger partial charge >= 0.3 is 0 Å². The Morgan fingerprint density at radius 3 is 2.69 bits per heavy atom. The molecule has 2 heterocycles. The van der Waals surface area contributed by atoms with E-state index in [0.717, 1.165) is 17.0 Å². The van der Waals surface area contributed by atoms with Crippen LogP contribution >= 0.6 is 11.3 Å². The maximum atomic E-state index is 12.7. The standard InChI is InChI=1S/C19H21N3O3S/c1-4-15-10-16-18(26-15)20-11-22(19(16)24)12(3)17(23)21-13-6-8-14(9-7-13)25-5-2/h6-12H,4-5H2,1-3H3,(H,21,23)/t12-/m1/s1. The Labute approximate surface area is 155 Å². The summed E-state index contributed by atoms with van der Waals surface area (Å²) in [5.74, 6) is 0.469. The zero-order valence-corrected chi connectivity index (χ0v) is 15.8. The van der Waals surface area contributed by atoms with Crippen molar-refractivity contribution < 1.29 is 9.53 Å². The zero-order valence-electron chi connectivity index (χ0n) is 15.0. The number of fused-ring (bicyclic) bond motifs is 1. The Morgan fingerprint density at radius 1 is 1.31 bits per heavy atom. The summed E-state index contributed by atoms with van der Waals surface area (Å²) < 4.78 is 6.76. The highest BCUT2D eigenvalue weighted by atomic mass is 32.1. The minimum absolute atomic E-state index is 0.194. The summed E-state index contributed by atoms with van der Waals surface area (Å²) in [6.07, 6.45) is 2.30. The highest BCUT2D eigenvalue weighted by Crippen LogP contribution is 2.22. The lowest BCUT2D eigenvalue weighted by atomic mass is 10.2. The normalized spacial score (nSPS) is 12.1. The molecule has 3 aromatic rings. The molecule has 3 rings (SSSR count). The molecule has 0 fully saturated rings. The minimum Gasteiger partial charge on any atom is -0.494 e. The van der Waals surface area contributed by atoms with Gasteiger partial charge in [-0.15, -0.1) is 11.3 Å². The number of amides is 1. The average molecular weight is 371 g/mol. The monoisotopic (exact) mass is 371 g/mol. The topological polar surface area (TPSA) is 73.2 Å². The SMILES string of the molecule is CCOc1ccc(NC(=O)[C@@H](C)n2cnc3sc(CC)cc3c2=O)cc1. The van der Waals surface area contributed by atoms with E-state index in [0.29, 0.717) is 22.5 Å². The van der Waals surface area contributed by atoms with Crippen molar-refractivity contribution in [2.75, 3.05) is 11.9 Å². The van der Waals surface area contributed by atoms with E-state index in [1.54, 1.807) is 31.2 Å². The van der Waals surface area contributed by atoms with Gasteiger partial charge in [-0.25, -0.2) is 4.98 Å². The molecule has 1 N–H and O–H groups in total. The number of nitrogens with zero attached hydrogens (tertiary/aromatic N) is 2. The van der Waals surface area contributed by atoms with Gasteiger partial charge in [0.15, 0.2) is 0 Å². The molecule has 2 aromatic heterocycles. The van der Waals surface area contributed by atoms with Crippen LogP contribution in [0.4, 0.5) is 5.69 Å². The summed E-state index contributed by atoms with van der Waals surface area (Å²) >= 11 is 1.51. The van der Waals surface area contributed by atoms with E-state index in [2.05, 4.69) is 10.3 Å². The van der Waals surface area contributed by atoms with E-state index in [9.17, 15) is 9.59 Å². The fourth-order valence-corrected chi connectivity index (χ4v) is 3.54. The fraction of sp³-hybridized carbons (Fsp3) is 0.316. The van der Waals surface area contributed by atoms with Gasteiger partial charge in [-0.3, -0.25) is 14.2 Å². The lowest BCUT2D eigenvalue weighted by Crippen LogP contribution is -2.31. The predicted molar refractivity (Wildman–Crippen MR) is 104 cm³/mol. The molecule has 0 saturated carbocycles. The van der Waals surface area contributed by atoms with Gasteiger partial charge in [0.1, 0.15) is 16.6 Å². The van der Waals surface area contributed by atoms with Gasteiger partial charge in [0.25, 0.3) is 5.56 Å². The smallest absolute Gasteiger partial charge is 0.262 e. The van der Waals surface area contributed by atoms with E-state index in [1.165, 1.54) is 22.2 Å². The van der Waals surface area contributed by atoms with E-state index < -0.39 is 6.04 Å². The second-order valence-electron chi connectivity index (χ2n) is 5.86. The van der Waals surface area contributed by atoms with Crippen LogP contribution in [0.3, 0.4) is 0 Å². The molecule has 0 radical (unpaired) electrons. The maximum absolute atomic E-state index is 12.7. The molecule has 6 nitrogen and oxygen atoms in total. The number of nitrogens with one attached hydrogen (secondary N) is 1. The number of aryl methyl sites for hydroxylation is 1. The summed E-state index contributed by atoms with van der Waals surface area (Å²) in [6, 6.07) is 8.32. The van der Waals surface area contributed by atoms with Crippen LogP contribution < -0.4 is 15.6 Å². The third-order valence-electron chi connectivity index (χ3n) is 4.11. The van der Waals surface area contributed by atoms with Crippen LogP contribution in [-0.4, -0.2) is 22.1 Å². The van der Waals surface area contributed by atoms with Crippen LogP contribution in [0.2, 0.25) is 0 Å². The number of thiophene rings is 1. The first-order valence-electron chi connectivity index (χ1n) is 8.56. The fourth-order valence-electron chi connectivity index (χ4n) is 2.61. The number of carbonyl (C=O) groups excluding carboxylic acids is 1. The van der Waals surface area contributed by atoms with Crippen LogP contribution in [0.15, 0.2) is 41.5 Å². The zero-order chi connectivity index (χ0) is 18.7. The molecule has 0 aliphatic rings. The quantitative estimate of drug-likeness (QED) is 0.718. The molecule has 1 amide bonds. The van der Waals surface area contributed by atoms with E-state index in [4.69, 9.17) is 4.74 Å². The van der Waals surface area contributed by atoms with Gasteiger partial charge in [0.2, 0.25) is 5.91 Å². The van der Waals surface area contributed by atoms with Crippen LogP contribution in [-0.2, 0) is 11.2 Å². The predicted octanol–water partition coefficient (Wildman–Crippen LogP) is 3.62. The number of rotatable bonds is 6. The summed E-state index contributed by atoms with van der Waals surface area (Å²) in [7, 11) is 0. The van der Waals surface area contributed by atoms with Crippen LogP contribution in [0.1, 0.15) is 31.7 Å². The van der Waals surface area contributed by atoms with Gasteiger partial charge in [-0.1, -0.05) is 6.92 Å². The molecule has 0 saturated heterocycles. The Kier molecular flexibility index (Phi) is 5.37. The molecule has 136 valence electrons. The molecular weight excluding hydrogens is 350 g/mol. The second-order valence-corrected chi connectivity index (χ2v) is 6.98. The van der Waals surface area contributed by atoms with Gasteiger partial charge in [-0.2, -0.15) is 0 Å². The van der Waals surface area contributed by atoms with Crippen LogP contribution in [0.25, 0.3) is 10.2 Å². The Balaban J connectivity index is 1.80. The van der Waals surface area contributed by atoms with Crippen molar-refractivity contribution >= 4 is 33.1 Å². The van der Waals surface area contributed by atoms with E-state index in [1.807, 2.05) is 19.9 Å². The van der Waals surface area contributed by atoms with Crippen molar-refractivity contribution in [1.29, 1.82) is 0 Å². The molecule has 0 unspecified atom stereocenters. The molecule has 1 atom stereocenters. The Hall–Kier alpha value is -2.67. The van der Waals surface area contributed by atoms with Gasteiger partial charge < -0.3 is 10.1 Å². The van der Waals surface area contributed by atoms with Crippen molar-refractivity contribution in [2.24, 2.45) is 0 Å². The highest BCUT2D eigenvalue weighted by molar-refractivity contribution is 7.18. The summed E-state index contributed by atoms with van der Waals surface area (Å²) in [4.78, 5) is 31.4. The van der Waals surface area contributed by atoms with E-state index in [-0.39, 0.29) is 11.5 Å². The maximum Gasteiger partial charge on any atom is 0.262 e. The lowest BCUT2D eigenvalue weighted by Gasteiger charge is -2.15. The first kappa shape index (κ1) is 18.1. The number of carbonyl (C=O) groups is 1. The van der Waals surface area contributed by atoms with Crippen molar-refractivity contribution in [3.63, 3.8) is 0 Å². The molecule has 0 spiro atoms. The van der Waals surface area contributed by atoms with Crippen molar-refractivity contribution in [2.45, 2.75) is 33.2 Å². The Morgan fingerprint density at radius 2 is 2.04 bits per heavy atom. The van der Waals surface area contributed by atoms with Crippen molar-refractivity contribution in [1.82, 2.24) is 9.55 Å². The van der Waals surface area contributed by atoms with Crippen LogP contribution in [0, 0.1) is 0 Å². The van der Waals surface area contributed by atoms with Gasteiger partial charge in [0.05, 0.1) is 18.3 Å². The highest BCUT2D eigenvalue weighted by Gasteiger charge is 2.18. The molecule has 0 aliphatic carbocycles. The Bertz CT molecular complexity index is 976. The summed E-state index contributed by atoms with van der Waals surface area (Å²) in [5, 5.41) is 3.39. The number of benzene rings is 1. The third-order valence-corrected chi connectivity index (χ3v) is 5.29. The van der Waals surface area contributed by atoms with Crippen molar-refractivity contribution in [3.8, 4) is 5.75 Å². The van der Waals surface area contributed by atoms with Crippen LogP contribution in [0.5, 0.6) is 5.75 Å². The van der Waals surface area contributed by atoms with Gasteiger partial charge in [-0.05, 0) is 50.6 Å². The molecule has 7 heteroatoms. The lowest BCUT2D eigenvalue weighted by molar-refractivity contribution is -0.118.